The van der Waals surface area contributed by atoms with Gasteiger partial charge < -0.3 is 18.9 Å². The van der Waals surface area contributed by atoms with E-state index in [0.29, 0.717) is 12.5 Å². The van der Waals surface area contributed by atoms with Crippen LogP contribution in [0.5, 0.6) is 0 Å². The van der Waals surface area contributed by atoms with Gasteiger partial charge in [0.15, 0.2) is 5.82 Å². The molecule has 4 rings (SSSR count). The van der Waals surface area contributed by atoms with Gasteiger partial charge in [0, 0.05) is 71.3 Å². The first-order chi connectivity index (χ1) is 13.2. The lowest BCUT2D eigenvalue weighted by molar-refractivity contribution is 0.177. The Morgan fingerprint density at radius 1 is 1.22 bits per heavy atom. The van der Waals surface area contributed by atoms with Crippen molar-refractivity contribution in [3.8, 4) is 0 Å². The molecular weight excluding hydrogens is 344 g/mol. The fourth-order valence-corrected chi connectivity index (χ4v) is 3.72. The molecule has 8 heteroatoms. The summed E-state index contributed by atoms with van der Waals surface area (Å²) in [6.45, 7) is 6.80. The minimum Gasteiger partial charge on any atom is -0.381 e. The normalized spacial score (nSPS) is 21.1. The summed E-state index contributed by atoms with van der Waals surface area (Å²) in [5, 5.41) is 0. The number of rotatable bonds is 6. The topological polar surface area (TPSA) is 68.5 Å². The summed E-state index contributed by atoms with van der Waals surface area (Å²) in [5.41, 5.74) is 1.08. The Bertz CT molecular complexity index is 750. The lowest BCUT2D eigenvalue weighted by Gasteiger charge is -2.35. The van der Waals surface area contributed by atoms with Gasteiger partial charge in [0.1, 0.15) is 18.2 Å². The highest BCUT2D eigenvalue weighted by atomic mass is 16.5. The number of piperazine rings is 1. The van der Waals surface area contributed by atoms with E-state index in [-0.39, 0.29) is 0 Å². The summed E-state index contributed by atoms with van der Waals surface area (Å²) in [6.07, 6.45) is 4.89. The number of nitrogens with zero attached hydrogens (tertiary/aromatic N) is 6. The highest BCUT2D eigenvalue weighted by molar-refractivity contribution is 5.41. The van der Waals surface area contributed by atoms with Crippen molar-refractivity contribution >= 4 is 5.82 Å². The molecular formula is C19H28N6O2. The van der Waals surface area contributed by atoms with Crippen LogP contribution in [0, 0.1) is 0 Å². The maximum absolute atomic E-state index is 5.55. The van der Waals surface area contributed by atoms with Crippen LogP contribution in [-0.2, 0) is 29.7 Å². The molecule has 0 unspecified atom stereocenters. The summed E-state index contributed by atoms with van der Waals surface area (Å²) in [5.74, 6) is 3.24. The van der Waals surface area contributed by atoms with E-state index in [9.17, 15) is 0 Å². The van der Waals surface area contributed by atoms with E-state index >= 15 is 0 Å². The largest absolute Gasteiger partial charge is 0.381 e. The molecule has 4 heterocycles. The van der Waals surface area contributed by atoms with Gasteiger partial charge in [-0.05, 0) is 6.42 Å². The average molecular weight is 372 g/mol. The van der Waals surface area contributed by atoms with Crippen LogP contribution in [-0.4, -0.2) is 70.9 Å². The van der Waals surface area contributed by atoms with E-state index in [1.165, 1.54) is 0 Å². The predicted octanol–water partition coefficient (Wildman–Crippen LogP) is 1.18. The van der Waals surface area contributed by atoms with Gasteiger partial charge in [-0.3, -0.25) is 4.90 Å². The Morgan fingerprint density at radius 3 is 2.74 bits per heavy atom. The third-order valence-electron chi connectivity index (χ3n) is 5.38. The molecule has 2 aliphatic rings. The molecule has 2 fully saturated rings. The SMILES string of the molecule is COCc1nc([C@H]2CCOC2)cc(N2CCN(Cc3nccn3C)CC2)n1. The number of methoxy groups -OCH3 is 1. The maximum Gasteiger partial charge on any atom is 0.156 e. The molecule has 8 nitrogen and oxygen atoms in total. The van der Waals surface area contributed by atoms with Crippen molar-refractivity contribution in [3.05, 3.63) is 35.8 Å². The van der Waals surface area contributed by atoms with Crippen molar-refractivity contribution in [2.24, 2.45) is 7.05 Å². The van der Waals surface area contributed by atoms with Gasteiger partial charge in [-0.1, -0.05) is 0 Å². The first kappa shape index (κ1) is 18.3. The van der Waals surface area contributed by atoms with Gasteiger partial charge in [0.25, 0.3) is 0 Å². The quantitative estimate of drug-likeness (QED) is 0.754. The number of ether oxygens (including phenoxy) is 2. The molecule has 0 aromatic carbocycles. The Hall–Kier alpha value is -2.03. The summed E-state index contributed by atoms with van der Waals surface area (Å²) >= 11 is 0. The summed E-state index contributed by atoms with van der Waals surface area (Å²) < 4.78 is 12.9. The standard InChI is InChI=1S/C19H28N6O2/c1-23-5-4-20-19(23)12-24-6-8-25(9-7-24)18-11-16(15-3-10-27-13-15)21-17(22-18)14-26-2/h4-5,11,15H,3,6-10,12-14H2,1-2H3/t15-/m0/s1. The maximum atomic E-state index is 5.55. The number of aryl methyl sites for hydroxylation is 1. The van der Waals surface area contributed by atoms with Crippen molar-refractivity contribution in [2.45, 2.75) is 25.5 Å². The minimum atomic E-state index is 0.368. The summed E-state index contributed by atoms with van der Waals surface area (Å²) in [6, 6.07) is 2.15. The van der Waals surface area contributed by atoms with Gasteiger partial charge in [0.05, 0.1) is 18.8 Å². The van der Waals surface area contributed by atoms with Crippen LogP contribution in [0.2, 0.25) is 0 Å². The Morgan fingerprint density at radius 2 is 2.07 bits per heavy atom. The average Bonchev–Trinajstić information content (AvgIpc) is 3.35. The lowest BCUT2D eigenvalue weighted by Crippen LogP contribution is -2.46. The molecule has 146 valence electrons. The zero-order valence-electron chi connectivity index (χ0n) is 16.2. The highest BCUT2D eigenvalue weighted by Gasteiger charge is 2.24. The Labute approximate surface area is 160 Å². The molecule has 0 amide bonds. The van der Waals surface area contributed by atoms with Crippen molar-refractivity contribution < 1.29 is 9.47 Å². The second-order valence-electron chi connectivity index (χ2n) is 7.28. The van der Waals surface area contributed by atoms with Crippen molar-refractivity contribution in [1.29, 1.82) is 0 Å². The van der Waals surface area contributed by atoms with Gasteiger partial charge in [-0.15, -0.1) is 0 Å². The molecule has 27 heavy (non-hydrogen) atoms. The third kappa shape index (κ3) is 4.28. The van der Waals surface area contributed by atoms with E-state index in [4.69, 9.17) is 19.4 Å². The number of aromatic nitrogens is 4. The smallest absolute Gasteiger partial charge is 0.156 e. The number of anilines is 1. The van der Waals surface area contributed by atoms with Gasteiger partial charge in [-0.2, -0.15) is 0 Å². The molecule has 0 saturated carbocycles. The minimum absolute atomic E-state index is 0.368. The fraction of sp³-hybridized carbons (Fsp3) is 0.632. The summed E-state index contributed by atoms with van der Waals surface area (Å²) in [4.78, 5) is 18.7. The molecule has 0 N–H and O–H groups in total. The predicted molar refractivity (Wildman–Crippen MR) is 102 cm³/mol. The third-order valence-corrected chi connectivity index (χ3v) is 5.38. The molecule has 2 aromatic heterocycles. The van der Waals surface area contributed by atoms with Crippen LogP contribution in [0.3, 0.4) is 0 Å². The van der Waals surface area contributed by atoms with Gasteiger partial charge in [-0.25, -0.2) is 15.0 Å². The van der Waals surface area contributed by atoms with Gasteiger partial charge >= 0.3 is 0 Å². The van der Waals surface area contributed by atoms with E-state index in [1.54, 1.807) is 7.11 Å². The van der Waals surface area contributed by atoms with Crippen molar-refractivity contribution in [1.82, 2.24) is 24.4 Å². The van der Waals surface area contributed by atoms with Crippen LogP contribution in [0.1, 0.15) is 29.7 Å². The van der Waals surface area contributed by atoms with Crippen LogP contribution < -0.4 is 4.90 Å². The van der Waals surface area contributed by atoms with Crippen molar-refractivity contribution in [2.75, 3.05) is 51.4 Å². The molecule has 1 atom stereocenters. The number of hydrogen-bond acceptors (Lipinski definition) is 7. The Kier molecular flexibility index (Phi) is 5.66. The van der Waals surface area contributed by atoms with Crippen molar-refractivity contribution in [3.63, 3.8) is 0 Å². The Balaban J connectivity index is 1.44. The molecule has 0 spiro atoms. The molecule has 0 bridgehead atoms. The van der Waals surface area contributed by atoms with E-state index < -0.39 is 0 Å². The van der Waals surface area contributed by atoms with E-state index in [2.05, 4.69) is 25.4 Å². The second-order valence-corrected chi connectivity index (χ2v) is 7.28. The first-order valence-electron chi connectivity index (χ1n) is 9.61. The zero-order chi connectivity index (χ0) is 18.6. The molecule has 2 aliphatic heterocycles. The van der Waals surface area contributed by atoms with Crippen LogP contribution in [0.15, 0.2) is 18.5 Å². The highest BCUT2D eigenvalue weighted by Crippen LogP contribution is 2.27. The number of imidazole rings is 1. The van der Waals surface area contributed by atoms with Gasteiger partial charge in [0.2, 0.25) is 0 Å². The van der Waals surface area contributed by atoms with E-state index in [1.807, 2.05) is 19.4 Å². The van der Waals surface area contributed by atoms with Crippen LogP contribution in [0.4, 0.5) is 5.82 Å². The molecule has 2 aromatic rings. The lowest BCUT2D eigenvalue weighted by atomic mass is 10.0. The number of hydrogen-bond donors (Lipinski definition) is 0. The second kappa shape index (κ2) is 8.33. The molecule has 0 radical (unpaired) electrons. The monoisotopic (exact) mass is 372 g/mol. The molecule has 0 aliphatic carbocycles. The fourth-order valence-electron chi connectivity index (χ4n) is 3.72. The molecule has 2 saturated heterocycles. The van der Waals surface area contributed by atoms with Crippen LogP contribution >= 0.6 is 0 Å². The first-order valence-corrected chi connectivity index (χ1v) is 9.61. The summed E-state index contributed by atoms with van der Waals surface area (Å²) in [7, 11) is 3.73. The van der Waals surface area contributed by atoms with E-state index in [0.717, 1.165) is 75.5 Å². The van der Waals surface area contributed by atoms with Crippen LogP contribution in [0.25, 0.3) is 0 Å². The zero-order valence-corrected chi connectivity index (χ0v) is 16.2.